The van der Waals surface area contributed by atoms with Crippen LogP contribution in [0, 0.1) is 6.92 Å². The summed E-state index contributed by atoms with van der Waals surface area (Å²) in [6.07, 6.45) is 4.13. The third-order valence-corrected chi connectivity index (χ3v) is 4.13. The number of pyridine rings is 1. The zero-order valence-corrected chi connectivity index (χ0v) is 11.4. The van der Waals surface area contributed by atoms with Crippen LogP contribution in [0.4, 0.5) is 0 Å². The Morgan fingerprint density at radius 1 is 1.32 bits per heavy atom. The Morgan fingerprint density at radius 2 is 2.21 bits per heavy atom. The molecular formula is C14H13N3OS. The highest BCUT2D eigenvalue weighted by Crippen LogP contribution is 2.19. The number of thiophene rings is 1. The summed E-state index contributed by atoms with van der Waals surface area (Å²) in [5.41, 5.74) is 2.91. The van der Waals surface area contributed by atoms with Crippen LogP contribution in [0.15, 0.2) is 40.9 Å². The summed E-state index contributed by atoms with van der Waals surface area (Å²) < 4.78 is 2.40. The number of nitrogens with zero attached hydrogens (tertiary/aromatic N) is 3. The molecule has 0 atom stereocenters. The van der Waals surface area contributed by atoms with Gasteiger partial charge in [0, 0.05) is 24.9 Å². The molecule has 19 heavy (non-hydrogen) atoms. The summed E-state index contributed by atoms with van der Waals surface area (Å²) in [5, 5.41) is 1.97. The lowest BCUT2D eigenvalue weighted by Crippen LogP contribution is -2.21. The Labute approximate surface area is 114 Å². The van der Waals surface area contributed by atoms with Gasteiger partial charge < -0.3 is 0 Å². The van der Waals surface area contributed by atoms with Gasteiger partial charge in [-0.2, -0.15) is 0 Å². The summed E-state index contributed by atoms with van der Waals surface area (Å²) in [6.45, 7) is 2.58. The molecule has 0 bridgehead atoms. The Balaban J connectivity index is 1.90. The van der Waals surface area contributed by atoms with Crippen molar-refractivity contribution >= 4 is 21.6 Å². The van der Waals surface area contributed by atoms with Crippen molar-refractivity contribution in [3.05, 3.63) is 57.7 Å². The molecule has 4 nitrogen and oxygen atoms in total. The van der Waals surface area contributed by atoms with Crippen LogP contribution in [-0.4, -0.2) is 14.5 Å². The van der Waals surface area contributed by atoms with Crippen LogP contribution in [0.5, 0.6) is 0 Å². The number of hydrogen-bond donors (Lipinski definition) is 0. The number of rotatable bonds is 3. The predicted octanol–water partition coefficient (Wildman–Crippen LogP) is 2.40. The van der Waals surface area contributed by atoms with Gasteiger partial charge in [0.15, 0.2) is 0 Å². The molecule has 0 saturated heterocycles. The minimum atomic E-state index is 0.0408. The normalized spacial score (nSPS) is 11.0. The number of hydrogen-bond acceptors (Lipinski definition) is 4. The van der Waals surface area contributed by atoms with Gasteiger partial charge in [-0.05, 0) is 30.0 Å². The van der Waals surface area contributed by atoms with E-state index in [-0.39, 0.29) is 5.56 Å². The highest BCUT2D eigenvalue weighted by atomic mass is 32.1. The monoisotopic (exact) mass is 271 g/mol. The second-order valence-electron chi connectivity index (χ2n) is 4.41. The maximum atomic E-state index is 12.3. The van der Waals surface area contributed by atoms with Crippen LogP contribution in [0.25, 0.3) is 10.2 Å². The second-order valence-corrected chi connectivity index (χ2v) is 5.29. The lowest BCUT2D eigenvalue weighted by molar-refractivity contribution is 0.655. The molecule has 0 saturated carbocycles. The Morgan fingerprint density at radius 3 is 3.00 bits per heavy atom. The van der Waals surface area contributed by atoms with Crippen LogP contribution >= 0.6 is 11.3 Å². The van der Waals surface area contributed by atoms with Gasteiger partial charge in [0.1, 0.15) is 4.70 Å². The van der Waals surface area contributed by atoms with E-state index in [0.717, 1.165) is 27.9 Å². The van der Waals surface area contributed by atoms with E-state index in [1.165, 1.54) is 11.3 Å². The minimum Gasteiger partial charge on any atom is -0.298 e. The highest BCUT2D eigenvalue weighted by molar-refractivity contribution is 7.17. The van der Waals surface area contributed by atoms with E-state index in [2.05, 4.69) is 9.97 Å². The lowest BCUT2D eigenvalue weighted by atomic mass is 10.2. The molecule has 3 heterocycles. The van der Waals surface area contributed by atoms with Crippen LogP contribution in [0.3, 0.4) is 0 Å². The second kappa shape index (κ2) is 4.93. The minimum absolute atomic E-state index is 0.0408. The molecule has 3 rings (SSSR count). The molecular weight excluding hydrogens is 258 g/mol. The zero-order valence-electron chi connectivity index (χ0n) is 10.5. The quantitative estimate of drug-likeness (QED) is 0.735. The van der Waals surface area contributed by atoms with E-state index >= 15 is 0 Å². The maximum absolute atomic E-state index is 12.3. The Hall–Kier alpha value is -2.01. The van der Waals surface area contributed by atoms with Crippen molar-refractivity contribution in [2.75, 3.05) is 0 Å². The summed E-state index contributed by atoms with van der Waals surface area (Å²) in [4.78, 5) is 20.9. The van der Waals surface area contributed by atoms with Gasteiger partial charge in [-0.25, -0.2) is 4.98 Å². The third kappa shape index (κ3) is 2.29. The van der Waals surface area contributed by atoms with E-state index in [0.29, 0.717) is 6.54 Å². The van der Waals surface area contributed by atoms with E-state index in [1.54, 1.807) is 17.1 Å². The molecule has 0 radical (unpaired) electrons. The van der Waals surface area contributed by atoms with Gasteiger partial charge in [0.25, 0.3) is 5.56 Å². The summed E-state index contributed by atoms with van der Waals surface area (Å²) in [6, 6.07) is 5.80. The van der Waals surface area contributed by atoms with Gasteiger partial charge >= 0.3 is 0 Å². The van der Waals surface area contributed by atoms with E-state index in [4.69, 9.17) is 0 Å². The number of fused-ring (bicyclic) bond motifs is 1. The zero-order chi connectivity index (χ0) is 13.2. The number of aromatic nitrogens is 3. The van der Waals surface area contributed by atoms with E-state index in [1.807, 2.05) is 30.5 Å². The smallest absolute Gasteiger partial charge is 0.271 e. The lowest BCUT2D eigenvalue weighted by Gasteiger charge is -2.04. The SMILES string of the molecule is Cc1csc2c(=O)n(CCc3ccccn3)cnc12. The summed E-state index contributed by atoms with van der Waals surface area (Å²) >= 11 is 1.46. The van der Waals surface area contributed by atoms with Crippen molar-refractivity contribution in [2.24, 2.45) is 0 Å². The molecule has 5 heteroatoms. The van der Waals surface area contributed by atoms with Crippen molar-refractivity contribution in [3.8, 4) is 0 Å². The molecule has 3 aromatic heterocycles. The summed E-state index contributed by atoms with van der Waals surface area (Å²) in [7, 11) is 0. The van der Waals surface area contributed by atoms with Gasteiger partial charge in [-0.3, -0.25) is 14.3 Å². The van der Waals surface area contributed by atoms with Crippen molar-refractivity contribution in [2.45, 2.75) is 19.9 Å². The first-order valence-corrected chi connectivity index (χ1v) is 6.97. The first-order valence-electron chi connectivity index (χ1n) is 6.09. The molecule has 0 spiro atoms. The third-order valence-electron chi connectivity index (χ3n) is 3.06. The highest BCUT2D eigenvalue weighted by Gasteiger charge is 2.08. The molecule has 3 aromatic rings. The van der Waals surface area contributed by atoms with Gasteiger partial charge in [-0.15, -0.1) is 11.3 Å². The van der Waals surface area contributed by atoms with Crippen LogP contribution in [0.1, 0.15) is 11.3 Å². The first kappa shape index (κ1) is 12.0. The predicted molar refractivity (Wildman–Crippen MR) is 76.6 cm³/mol. The van der Waals surface area contributed by atoms with Crippen LogP contribution < -0.4 is 5.56 Å². The average molecular weight is 271 g/mol. The number of aryl methyl sites for hydroxylation is 3. The van der Waals surface area contributed by atoms with Crippen molar-refractivity contribution in [3.63, 3.8) is 0 Å². The van der Waals surface area contributed by atoms with E-state index < -0.39 is 0 Å². The molecule has 0 unspecified atom stereocenters. The fourth-order valence-corrected chi connectivity index (χ4v) is 2.95. The van der Waals surface area contributed by atoms with Crippen LogP contribution in [-0.2, 0) is 13.0 Å². The molecule has 0 N–H and O–H groups in total. The first-order chi connectivity index (χ1) is 9.25. The van der Waals surface area contributed by atoms with Gasteiger partial charge in [0.05, 0.1) is 11.8 Å². The molecule has 96 valence electrons. The van der Waals surface area contributed by atoms with Gasteiger partial charge in [-0.1, -0.05) is 6.07 Å². The van der Waals surface area contributed by atoms with Crippen molar-refractivity contribution in [1.29, 1.82) is 0 Å². The fraction of sp³-hybridized carbons (Fsp3) is 0.214. The van der Waals surface area contributed by atoms with Gasteiger partial charge in [0.2, 0.25) is 0 Å². The molecule has 0 aliphatic carbocycles. The Kier molecular flexibility index (Phi) is 3.13. The average Bonchev–Trinajstić information content (AvgIpc) is 2.82. The molecule has 0 aliphatic rings. The van der Waals surface area contributed by atoms with E-state index in [9.17, 15) is 4.79 Å². The molecule has 0 aromatic carbocycles. The Bertz CT molecular complexity index is 761. The van der Waals surface area contributed by atoms with Crippen LogP contribution in [0.2, 0.25) is 0 Å². The topological polar surface area (TPSA) is 47.8 Å². The largest absolute Gasteiger partial charge is 0.298 e. The maximum Gasteiger partial charge on any atom is 0.271 e. The molecule has 0 amide bonds. The fourth-order valence-electron chi connectivity index (χ4n) is 2.00. The van der Waals surface area contributed by atoms with Crippen molar-refractivity contribution < 1.29 is 0 Å². The standard InChI is InChI=1S/C14H13N3OS/c1-10-8-19-13-12(10)16-9-17(14(13)18)7-5-11-4-2-3-6-15-11/h2-4,6,8-9H,5,7H2,1H3. The summed E-state index contributed by atoms with van der Waals surface area (Å²) in [5.74, 6) is 0. The molecule has 0 fully saturated rings. The van der Waals surface area contributed by atoms with Crippen molar-refractivity contribution in [1.82, 2.24) is 14.5 Å². The molecule has 0 aliphatic heterocycles.